The molecule has 2 rings (SSSR count). The van der Waals surface area contributed by atoms with Crippen molar-refractivity contribution < 1.29 is 18.0 Å². The van der Waals surface area contributed by atoms with Crippen molar-refractivity contribution in [3.05, 3.63) is 29.8 Å². The summed E-state index contributed by atoms with van der Waals surface area (Å²) in [5.74, 6) is -0.393. The molecule has 1 amide bonds. The van der Waals surface area contributed by atoms with Crippen molar-refractivity contribution in [1.29, 1.82) is 0 Å². The van der Waals surface area contributed by atoms with Gasteiger partial charge >= 0.3 is 6.18 Å². The Morgan fingerprint density at radius 3 is 2.74 bits per heavy atom. The molecule has 1 saturated heterocycles. The molecule has 0 aliphatic carbocycles. The van der Waals surface area contributed by atoms with Crippen LogP contribution in [0.25, 0.3) is 0 Å². The molecule has 0 radical (unpaired) electrons. The van der Waals surface area contributed by atoms with Gasteiger partial charge in [-0.2, -0.15) is 13.2 Å². The van der Waals surface area contributed by atoms with Crippen LogP contribution in [-0.2, 0) is 11.0 Å². The lowest BCUT2D eigenvalue weighted by molar-refractivity contribution is -0.137. The first-order valence-corrected chi connectivity index (χ1v) is 6.16. The Hall–Kier alpha value is -1.56. The number of rotatable bonds is 3. The van der Waals surface area contributed by atoms with Crippen molar-refractivity contribution in [2.24, 2.45) is 0 Å². The number of carbonyl (C=O) groups excluding carboxylic acids is 1. The summed E-state index contributed by atoms with van der Waals surface area (Å²) in [5, 5.41) is 5.48. The molecule has 0 aromatic heterocycles. The van der Waals surface area contributed by atoms with Crippen molar-refractivity contribution in [2.75, 3.05) is 11.9 Å². The average molecular weight is 272 g/mol. The minimum atomic E-state index is -4.46. The SMILES string of the molecule is O=C(CC1CCCN1)Nc1ccccc1C(F)(F)F. The monoisotopic (exact) mass is 272 g/mol. The van der Waals surface area contributed by atoms with Gasteiger partial charge in [0.15, 0.2) is 0 Å². The van der Waals surface area contributed by atoms with Crippen LogP contribution in [0, 0.1) is 0 Å². The number of nitrogens with one attached hydrogen (secondary N) is 2. The molecule has 2 N–H and O–H groups in total. The first-order chi connectivity index (χ1) is 8.97. The van der Waals surface area contributed by atoms with Gasteiger partial charge in [-0.05, 0) is 31.5 Å². The molecule has 6 heteroatoms. The molecule has 1 unspecified atom stereocenters. The molecule has 0 saturated carbocycles. The number of para-hydroxylation sites is 1. The van der Waals surface area contributed by atoms with Gasteiger partial charge < -0.3 is 10.6 Å². The number of hydrogen-bond donors (Lipinski definition) is 2. The van der Waals surface area contributed by atoms with E-state index in [4.69, 9.17) is 0 Å². The minimum Gasteiger partial charge on any atom is -0.325 e. The lowest BCUT2D eigenvalue weighted by atomic mass is 10.1. The Kier molecular flexibility index (Phi) is 4.09. The Morgan fingerprint density at radius 2 is 2.11 bits per heavy atom. The van der Waals surface area contributed by atoms with E-state index in [2.05, 4.69) is 10.6 Å². The number of hydrogen-bond acceptors (Lipinski definition) is 2. The maximum absolute atomic E-state index is 12.7. The van der Waals surface area contributed by atoms with E-state index in [0.717, 1.165) is 25.5 Å². The normalized spacial score (nSPS) is 19.4. The van der Waals surface area contributed by atoms with Crippen LogP contribution in [0.3, 0.4) is 0 Å². The third-order valence-electron chi connectivity index (χ3n) is 3.10. The maximum Gasteiger partial charge on any atom is 0.418 e. The Labute approximate surface area is 109 Å². The van der Waals surface area contributed by atoms with Gasteiger partial charge in [0.2, 0.25) is 5.91 Å². The van der Waals surface area contributed by atoms with Crippen molar-refractivity contribution in [3.63, 3.8) is 0 Å². The Bertz CT molecular complexity index is 453. The average Bonchev–Trinajstić information content (AvgIpc) is 2.81. The predicted molar refractivity (Wildman–Crippen MR) is 65.7 cm³/mol. The summed E-state index contributed by atoms with van der Waals surface area (Å²) >= 11 is 0. The fourth-order valence-electron chi connectivity index (χ4n) is 2.20. The van der Waals surface area contributed by atoms with Crippen molar-refractivity contribution in [1.82, 2.24) is 5.32 Å². The van der Waals surface area contributed by atoms with Gasteiger partial charge in [0.1, 0.15) is 0 Å². The van der Waals surface area contributed by atoms with Gasteiger partial charge in [0.05, 0.1) is 11.3 Å². The zero-order valence-corrected chi connectivity index (χ0v) is 10.3. The summed E-state index contributed by atoms with van der Waals surface area (Å²) < 4.78 is 38.2. The molecule has 19 heavy (non-hydrogen) atoms. The molecular weight excluding hydrogens is 257 g/mol. The molecule has 1 atom stereocenters. The lowest BCUT2D eigenvalue weighted by Crippen LogP contribution is -2.28. The minimum absolute atomic E-state index is 0.0676. The number of amides is 1. The number of halogens is 3. The highest BCUT2D eigenvalue weighted by molar-refractivity contribution is 5.92. The zero-order valence-electron chi connectivity index (χ0n) is 10.3. The van der Waals surface area contributed by atoms with E-state index in [1.807, 2.05) is 0 Å². The predicted octanol–water partition coefficient (Wildman–Crippen LogP) is 2.79. The maximum atomic E-state index is 12.7. The summed E-state index contributed by atoms with van der Waals surface area (Å²) in [6.45, 7) is 0.858. The molecule has 1 aliphatic heterocycles. The Balaban J connectivity index is 2.04. The largest absolute Gasteiger partial charge is 0.418 e. The van der Waals surface area contributed by atoms with E-state index in [-0.39, 0.29) is 18.2 Å². The van der Waals surface area contributed by atoms with Crippen molar-refractivity contribution in [2.45, 2.75) is 31.5 Å². The molecule has 1 heterocycles. The summed E-state index contributed by atoms with van der Waals surface area (Å²) in [4.78, 5) is 11.7. The van der Waals surface area contributed by atoms with Crippen LogP contribution in [0.5, 0.6) is 0 Å². The highest BCUT2D eigenvalue weighted by Gasteiger charge is 2.33. The van der Waals surface area contributed by atoms with E-state index in [9.17, 15) is 18.0 Å². The molecule has 0 spiro atoms. The van der Waals surface area contributed by atoms with E-state index in [0.29, 0.717) is 0 Å². The molecule has 1 aromatic carbocycles. The molecular formula is C13H15F3N2O. The van der Waals surface area contributed by atoms with Crippen LogP contribution in [0.15, 0.2) is 24.3 Å². The fourth-order valence-corrected chi connectivity index (χ4v) is 2.20. The third kappa shape index (κ3) is 3.70. The van der Waals surface area contributed by atoms with Crippen LogP contribution < -0.4 is 10.6 Å². The number of alkyl halides is 3. The van der Waals surface area contributed by atoms with Crippen LogP contribution in [0.1, 0.15) is 24.8 Å². The first kappa shape index (κ1) is 13.9. The Morgan fingerprint density at radius 1 is 1.37 bits per heavy atom. The molecule has 0 bridgehead atoms. The summed E-state index contributed by atoms with van der Waals surface area (Å²) in [5.41, 5.74) is -0.999. The lowest BCUT2D eigenvalue weighted by Gasteiger charge is -2.15. The second kappa shape index (κ2) is 5.61. The van der Waals surface area contributed by atoms with Crippen molar-refractivity contribution in [3.8, 4) is 0 Å². The quantitative estimate of drug-likeness (QED) is 0.888. The number of carbonyl (C=O) groups is 1. The van der Waals surface area contributed by atoms with Gasteiger partial charge in [-0.25, -0.2) is 0 Å². The second-order valence-corrected chi connectivity index (χ2v) is 4.59. The summed E-state index contributed by atoms with van der Waals surface area (Å²) in [6.07, 6.45) is -2.38. The van der Waals surface area contributed by atoms with Gasteiger partial charge in [0, 0.05) is 12.5 Å². The van der Waals surface area contributed by atoms with Gasteiger partial charge in [0.25, 0.3) is 0 Å². The highest BCUT2D eigenvalue weighted by atomic mass is 19.4. The smallest absolute Gasteiger partial charge is 0.325 e. The van der Waals surface area contributed by atoms with Crippen LogP contribution in [0.2, 0.25) is 0 Å². The first-order valence-electron chi connectivity index (χ1n) is 6.16. The number of anilines is 1. The fraction of sp³-hybridized carbons (Fsp3) is 0.462. The van der Waals surface area contributed by atoms with Gasteiger partial charge in [-0.15, -0.1) is 0 Å². The van der Waals surface area contributed by atoms with Gasteiger partial charge in [-0.3, -0.25) is 4.79 Å². The van der Waals surface area contributed by atoms with Crippen LogP contribution >= 0.6 is 0 Å². The third-order valence-corrected chi connectivity index (χ3v) is 3.10. The topological polar surface area (TPSA) is 41.1 Å². The standard InChI is InChI=1S/C13H15F3N2O/c14-13(15,16)10-5-1-2-6-11(10)18-12(19)8-9-4-3-7-17-9/h1-2,5-6,9,17H,3-4,7-8H2,(H,18,19). The molecule has 1 aromatic rings. The molecule has 3 nitrogen and oxygen atoms in total. The van der Waals surface area contributed by atoms with Crippen LogP contribution in [-0.4, -0.2) is 18.5 Å². The molecule has 104 valence electrons. The van der Waals surface area contributed by atoms with Gasteiger partial charge in [-0.1, -0.05) is 12.1 Å². The van der Waals surface area contributed by atoms with E-state index < -0.39 is 17.6 Å². The van der Waals surface area contributed by atoms with E-state index in [1.165, 1.54) is 18.2 Å². The molecule has 1 aliphatic rings. The summed E-state index contributed by atoms with van der Waals surface area (Å²) in [7, 11) is 0. The van der Waals surface area contributed by atoms with E-state index in [1.54, 1.807) is 0 Å². The van der Waals surface area contributed by atoms with Crippen LogP contribution in [0.4, 0.5) is 18.9 Å². The van der Waals surface area contributed by atoms with E-state index >= 15 is 0 Å². The highest BCUT2D eigenvalue weighted by Crippen LogP contribution is 2.34. The second-order valence-electron chi connectivity index (χ2n) is 4.59. The molecule has 1 fully saturated rings. The van der Waals surface area contributed by atoms with Crippen molar-refractivity contribution >= 4 is 11.6 Å². The summed E-state index contributed by atoms with van der Waals surface area (Å²) in [6, 6.07) is 5.07. The zero-order chi connectivity index (χ0) is 13.9. The number of benzene rings is 1.